The van der Waals surface area contributed by atoms with Crippen molar-refractivity contribution in [1.29, 1.82) is 0 Å². The quantitative estimate of drug-likeness (QED) is 0.650. The van der Waals surface area contributed by atoms with Crippen LogP contribution in [-0.2, 0) is 0 Å². The lowest BCUT2D eigenvalue weighted by molar-refractivity contribution is -0.384. The van der Waals surface area contributed by atoms with E-state index in [-0.39, 0.29) is 11.5 Å². The van der Waals surface area contributed by atoms with Gasteiger partial charge in [-0.15, -0.1) is 0 Å². The van der Waals surface area contributed by atoms with Gasteiger partial charge < -0.3 is 15.5 Å². The van der Waals surface area contributed by atoms with E-state index in [1.165, 1.54) is 6.07 Å². The number of anilines is 4. The van der Waals surface area contributed by atoms with Crippen LogP contribution < -0.4 is 15.5 Å². The summed E-state index contributed by atoms with van der Waals surface area (Å²) in [6, 6.07) is 10.6. The van der Waals surface area contributed by atoms with Gasteiger partial charge in [0, 0.05) is 27.2 Å². The predicted molar refractivity (Wildman–Crippen MR) is 84.5 cm³/mol. The summed E-state index contributed by atoms with van der Waals surface area (Å²) in [5.41, 5.74) is 1.61. The molecular weight excluding hydrogens is 270 g/mol. The number of hydrogen-bond donors (Lipinski definition) is 2. The van der Waals surface area contributed by atoms with E-state index in [2.05, 4.69) is 15.6 Å². The summed E-state index contributed by atoms with van der Waals surface area (Å²) in [7, 11) is 5.53. The Labute approximate surface area is 122 Å². The third-order valence-corrected chi connectivity index (χ3v) is 2.97. The lowest BCUT2D eigenvalue weighted by Gasteiger charge is -2.18. The molecular formula is C14H17N5O2. The van der Waals surface area contributed by atoms with Crippen LogP contribution in [0.1, 0.15) is 0 Å². The van der Waals surface area contributed by atoms with E-state index in [4.69, 9.17) is 0 Å². The number of rotatable bonds is 5. The molecule has 2 N–H and O–H groups in total. The van der Waals surface area contributed by atoms with Crippen LogP contribution in [0.25, 0.3) is 0 Å². The summed E-state index contributed by atoms with van der Waals surface area (Å²) in [4.78, 5) is 16.8. The van der Waals surface area contributed by atoms with Crippen LogP contribution in [0, 0.1) is 10.1 Å². The highest BCUT2D eigenvalue weighted by molar-refractivity contribution is 5.77. The van der Waals surface area contributed by atoms with Crippen molar-refractivity contribution >= 4 is 28.7 Å². The van der Waals surface area contributed by atoms with Gasteiger partial charge in [-0.1, -0.05) is 12.1 Å². The molecule has 0 aliphatic carbocycles. The number of nitro groups is 1. The van der Waals surface area contributed by atoms with Crippen LogP contribution in [0.15, 0.2) is 36.4 Å². The Morgan fingerprint density at radius 2 is 1.90 bits per heavy atom. The fraction of sp³-hybridized carbons (Fsp3) is 0.214. The van der Waals surface area contributed by atoms with E-state index in [0.29, 0.717) is 5.82 Å². The van der Waals surface area contributed by atoms with Gasteiger partial charge in [-0.3, -0.25) is 10.1 Å². The molecule has 1 aromatic heterocycles. The molecule has 0 bridgehead atoms. The van der Waals surface area contributed by atoms with Crippen molar-refractivity contribution in [3.8, 4) is 0 Å². The molecule has 0 spiro atoms. The summed E-state index contributed by atoms with van der Waals surface area (Å²) in [5, 5.41) is 17.0. The number of nitrogens with one attached hydrogen (secondary N) is 2. The molecule has 0 amide bonds. The van der Waals surface area contributed by atoms with Gasteiger partial charge in [0.05, 0.1) is 16.3 Å². The van der Waals surface area contributed by atoms with Crippen LogP contribution >= 0.6 is 0 Å². The molecule has 21 heavy (non-hydrogen) atoms. The van der Waals surface area contributed by atoms with Crippen molar-refractivity contribution < 1.29 is 4.92 Å². The molecule has 7 heteroatoms. The summed E-state index contributed by atoms with van der Waals surface area (Å²) in [6.45, 7) is 0. The smallest absolute Gasteiger partial charge is 0.311 e. The van der Waals surface area contributed by atoms with Gasteiger partial charge in [0.2, 0.25) is 5.82 Å². The molecule has 0 aliphatic rings. The van der Waals surface area contributed by atoms with Crippen molar-refractivity contribution in [2.24, 2.45) is 0 Å². The molecule has 2 aromatic rings. The molecule has 0 saturated carbocycles. The number of para-hydroxylation sites is 2. The first-order chi connectivity index (χ1) is 10.0. The fourth-order valence-electron chi connectivity index (χ4n) is 1.93. The largest absolute Gasteiger partial charge is 0.376 e. The second-order valence-electron chi connectivity index (χ2n) is 4.61. The SMILES string of the molecule is CNc1ccc([N+](=O)[O-])c(Nc2ccccc2N(C)C)n1. The minimum absolute atomic E-state index is 0.0671. The second kappa shape index (κ2) is 6.08. The first kappa shape index (κ1) is 14.6. The maximum atomic E-state index is 11.1. The third kappa shape index (κ3) is 3.19. The van der Waals surface area contributed by atoms with Crippen molar-refractivity contribution in [3.05, 3.63) is 46.5 Å². The summed E-state index contributed by atoms with van der Waals surface area (Å²) in [5.74, 6) is 0.770. The van der Waals surface area contributed by atoms with Crippen LogP contribution in [-0.4, -0.2) is 31.1 Å². The van der Waals surface area contributed by atoms with Crippen LogP contribution in [0.4, 0.5) is 28.7 Å². The molecule has 0 fully saturated rings. The molecule has 1 heterocycles. The van der Waals surface area contributed by atoms with Gasteiger partial charge in [-0.05, 0) is 18.2 Å². The first-order valence-corrected chi connectivity index (χ1v) is 6.39. The maximum Gasteiger partial charge on any atom is 0.311 e. The molecule has 2 rings (SSSR count). The van der Waals surface area contributed by atoms with Crippen LogP contribution in [0.5, 0.6) is 0 Å². The van der Waals surface area contributed by atoms with Gasteiger partial charge in [0.1, 0.15) is 5.82 Å². The van der Waals surface area contributed by atoms with E-state index in [1.54, 1.807) is 13.1 Å². The van der Waals surface area contributed by atoms with Crippen molar-refractivity contribution in [2.45, 2.75) is 0 Å². The van der Waals surface area contributed by atoms with Crippen LogP contribution in [0.2, 0.25) is 0 Å². The molecule has 0 aliphatic heterocycles. The van der Waals surface area contributed by atoms with E-state index in [0.717, 1.165) is 11.4 Å². The average molecular weight is 287 g/mol. The lowest BCUT2D eigenvalue weighted by Crippen LogP contribution is -2.11. The van der Waals surface area contributed by atoms with E-state index in [1.807, 2.05) is 43.3 Å². The Balaban J connectivity index is 2.45. The number of benzene rings is 1. The molecule has 110 valence electrons. The number of aromatic nitrogens is 1. The maximum absolute atomic E-state index is 11.1. The zero-order valence-electron chi connectivity index (χ0n) is 12.1. The minimum Gasteiger partial charge on any atom is -0.376 e. The second-order valence-corrected chi connectivity index (χ2v) is 4.61. The Morgan fingerprint density at radius 1 is 1.19 bits per heavy atom. The Morgan fingerprint density at radius 3 is 2.52 bits per heavy atom. The average Bonchev–Trinajstić information content (AvgIpc) is 2.47. The summed E-state index contributed by atoms with van der Waals surface area (Å²) >= 11 is 0. The third-order valence-electron chi connectivity index (χ3n) is 2.97. The zero-order valence-corrected chi connectivity index (χ0v) is 12.1. The molecule has 1 aromatic carbocycles. The lowest BCUT2D eigenvalue weighted by atomic mass is 10.2. The highest BCUT2D eigenvalue weighted by Gasteiger charge is 2.17. The van der Waals surface area contributed by atoms with E-state index < -0.39 is 4.92 Å². The van der Waals surface area contributed by atoms with Crippen molar-refractivity contribution in [1.82, 2.24) is 4.98 Å². The Kier molecular flexibility index (Phi) is 4.22. The molecule has 0 atom stereocenters. The van der Waals surface area contributed by atoms with Gasteiger partial charge in [0.15, 0.2) is 0 Å². The fourth-order valence-corrected chi connectivity index (χ4v) is 1.93. The van der Waals surface area contributed by atoms with Crippen molar-refractivity contribution in [2.75, 3.05) is 36.7 Å². The Bertz CT molecular complexity index is 658. The zero-order chi connectivity index (χ0) is 15.4. The van der Waals surface area contributed by atoms with Crippen molar-refractivity contribution in [3.63, 3.8) is 0 Å². The topological polar surface area (TPSA) is 83.3 Å². The predicted octanol–water partition coefficient (Wildman–Crippen LogP) is 2.84. The van der Waals surface area contributed by atoms with E-state index >= 15 is 0 Å². The van der Waals surface area contributed by atoms with Gasteiger partial charge in [0.25, 0.3) is 0 Å². The highest BCUT2D eigenvalue weighted by Crippen LogP contribution is 2.31. The minimum atomic E-state index is -0.451. The summed E-state index contributed by atoms with van der Waals surface area (Å²) in [6.07, 6.45) is 0. The van der Waals surface area contributed by atoms with Crippen LogP contribution in [0.3, 0.4) is 0 Å². The number of nitrogens with zero attached hydrogens (tertiary/aromatic N) is 3. The number of hydrogen-bond acceptors (Lipinski definition) is 6. The standard InChI is InChI=1S/C14H17N5O2/c1-15-13-9-8-12(19(20)21)14(17-13)16-10-6-4-5-7-11(10)18(2)3/h4-9H,1-3H3,(H2,15,16,17). The van der Waals surface area contributed by atoms with Gasteiger partial charge in [-0.25, -0.2) is 4.98 Å². The van der Waals surface area contributed by atoms with Gasteiger partial charge in [-0.2, -0.15) is 0 Å². The molecule has 0 unspecified atom stereocenters. The first-order valence-electron chi connectivity index (χ1n) is 6.39. The van der Waals surface area contributed by atoms with E-state index in [9.17, 15) is 10.1 Å². The number of pyridine rings is 1. The monoisotopic (exact) mass is 287 g/mol. The Hall–Kier alpha value is -2.83. The molecule has 0 saturated heterocycles. The molecule has 0 radical (unpaired) electrons. The van der Waals surface area contributed by atoms with Gasteiger partial charge >= 0.3 is 5.69 Å². The highest BCUT2D eigenvalue weighted by atomic mass is 16.6. The molecule has 7 nitrogen and oxygen atoms in total. The summed E-state index contributed by atoms with van der Waals surface area (Å²) < 4.78 is 0. The normalized spacial score (nSPS) is 10.0.